The van der Waals surface area contributed by atoms with E-state index in [2.05, 4.69) is 0 Å². The fourth-order valence-corrected chi connectivity index (χ4v) is 4.55. The smallest absolute Gasteiger partial charge is 0.274 e. The number of hydroxylamine groups is 1. The number of aliphatic hydroxyl groups excluding tert-OH is 1. The fourth-order valence-electron chi connectivity index (χ4n) is 4.34. The number of phenolic OH excluding ortho intramolecular Hbond substituents is 2. The number of phenols is 2. The number of fused-ring (bicyclic) bond motifs is 1. The predicted octanol–water partition coefficient (Wildman–Crippen LogP) is 2.42. The molecular formula is C22H21ClN2O7. The zero-order chi connectivity index (χ0) is 23.2. The van der Waals surface area contributed by atoms with Crippen molar-refractivity contribution in [3.63, 3.8) is 0 Å². The molecule has 1 fully saturated rings. The van der Waals surface area contributed by atoms with Gasteiger partial charge in [-0.3, -0.25) is 14.8 Å². The highest BCUT2D eigenvalue weighted by atomic mass is 35.5. The Morgan fingerprint density at radius 2 is 2.00 bits per heavy atom. The number of benzene rings is 2. The third kappa shape index (κ3) is 3.59. The molecule has 2 heterocycles. The normalized spacial score (nSPS) is 18.9. The molecular weight excluding hydrogens is 440 g/mol. The van der Waals surface area contributed by atoms with Gasteiger partial charge in [-0.25, -0.2) is 5.48 Å². The van der Waals surface area contributed by atoms with E-state index in [1.165, 1.54) is 23.7 Å². The molecule has 4 rings (SSSR count). The molecule has 0 radical (unpaired) electrons. The van der Waals surface area contributed by atoms with E-state index >= 15 is 0 Å². The van der Waals surface area contributed by atoms with E-state index in [0.29, 0.717) is 18.5 Å². The van der Waals surface area contributed by atoms with Gasteiger partial charge in [0.1, 0.15) is 28.2 Å². The molecule has 1 amide bonds. The first-order valence-electron chi connectivity index (χ1n) is 9.85. The van der Waals surface area contributed by atoms with Gasteiger partial charge in [0.25, 0.3) is 5.91 Å². The van der Waals surface area contributed by atoms with Gasteiger partial charge < -0.3 is 24.6 Å². The minimum atomic E-state index is -0.776. The van der Waals surface area contributed by atoms with Gasteiger partial charge in [0.2, 0.25) is 0 Å². The lowest BCUT2D eigenvalue weighted by Gasteiger charge is -2.24. The lowest BCUT2D eigenvalue weighted by molar-refractivity contribution is 0.0706. The van der Waals surface area contributed by atoms with Crippen molar-refractivity contribution in [3.8, 4) is 22.8 Å². The van der Waals surface area contributed by atoms with Crippen molar-refractivity contribution in [2.45, 2.75) is 18.4 Å². The summed E-state index contributed by atoms with van der Waals surface area (Å²) >= 11 is 6.28. The highest BCUT2D eigenvalue weighted by molar-refractivity contribution is 6.33. The summed E-state index contributed by atoms with van der Waals surface area (Å²) in [5, 5.41) is 39.9. The molecule has 0 bridgehead atoms. The van der Waals surface area contributed by atoms with E-state index < -0.39 is 17.1 Å². The maximum absolute atomic E-state index is 12.9. The summed E-state index contributed by atoms with van der Waals surface area (Å²) in [7, 11) is 1.85. The lowest BCUT2D eigenvalue weighted by Crippen LogP contribution is -2.32. The van der Waals surface area contributed by atoms with Gasteiger partial charge in [-0.05, 0) is 38.2 Å². The molecule has 32 heavy (non-hydrogen) atoms. The van der Waals surface area contributed by atoms with Crippen molar-refractivity contribution >= 4 is 28.5 Å². The number of hydrogen-bond donors (Lipinski definition) is 5. The Balaban J connectivity index is 2.00. The largest absolute Gasteiger partial charge is 0.507 e. The minimum absolute atomic E-state index is 0.0123. The molecule has 2 aromatic carbocycles. The first-order valence-corrected chi connectivity index (χ1v) is 10.2. The van der Waals surface area contributed by atoms with Crippen LogP contribution in [0.2, 0.25) is 5.02 Å². The fraction of sp³-hybridized carbons (Fsp3) is 0.273. The summed E-state index contributed by atoms with van der Waals surface area (Å²) in [6.07, 6.45) is 0.593. The zero-order valence-corrected chi connectivity index (χ0v) is 17.8. The van der Waals surface area contributed by atoms with Crippen LogP contribution in [0.3, 0.4) is 0 Å². The predicted molar refractivity (Wildman–Crippen MR) is 116 cm³/mol. The summed E-state index contributed by atoms with van der Waals surface area (Å²) in [6, 6.07) is 6.07. The van der Waals surface area contributed by atoms with Gasteiger partial charge in [0.15, 0.2) is 5.43 Å². The minimum Gasteiger partial charge on any atom is -0.507 e. The lowest BCUT2D eigenvalue weighted by atomic mass is 9.89. The number of likely N-dealkylation sites (N-methyl/N-ethyl adjacent to an activating group) is 1. The van der Waals surface area contributed by atoms with Crippen LogP contribution in [0, 0.1) is 0 Å². The summed E-state index contributed by atoms with van der Waals surface area (Å²) < 4.78 is 6.01. The van der Waals surface area contributed by atoms with E-state index in [1.807, 2.05) is 11.9 Å². The average molecular weight is 461 g/mol. The maximum atomic E-state index is 12.9. The highest BCUT2D eigenvalue weighted by Crippen LogP contribution is 2.44. The third-order valence-corrected chi connectivity index (χ3v) is 6.30. The highest BCUT2D eigenvalue weighted by Gasteiger charge is 2.36. The number of hydrogen-bond acceptors (Lipinski definition) is 8. The van der Waals surface area contributed by atoms with Crippen LogP contribution in [0.4, 0.5) is 0 Å². The van der Waals surface area contributed by atoms with E-state index in [1.54, 1.807) is 0 Å². The molecule has 1 aromatic heterocycles. The second kappa shape index (κ2) is 8.44. The Labute approximate surface area is 187 Å². The standard InChI is InChI=1S/C22H21ClN2O7/c1-25-5-4-11(14(25)9-26)19-15(27)7-16(28)20-17(29)8-18(32-21(19)20)12-6-10(22(30)24-31)2-3-13(12)23/h2-3,6-8,11,14,26-28,31H,4-5,9H2,1H3,(H,24,30)/t11-,14+/m0/s1. The van der Waals surface area contributed by atoms with Crippen molar-refractivity contribution in [2.75, 3.05) is 20.2 Å². The Kier molecular flexibility index (Phi) is 5.83. The molecule has 3 aromatic rings. The van der Waals surface area contributed by atoms with Crippen molar-refractivity contribution < 1.29 is 29.7 Å². The van der Waals surface area contributed by atoms with Crippen LogP contribution >= 0.6 is 11.6 Å². The van der Waals surface area contributed by atoms with Crippen LogP contribution in [-0.2, 0) is 0 Å². The molecule has 5 N–H and O–H groups in total. The number of aliphatic hydroxyl groups is 1. The van der Waals surface area contributed by atoms with Crippen LogP contribution in [0.15, 0.2) is 39.5 Å². The van der Waals surface area contributed by atoms with Gasteiger partial charge in [0.05, 0.1) is 11.6 Å². The second-order valence-electron chi connectivity index (χ2n) is 7.77. The van der Waals surface area contributed by atoms with E-state index in [4.69, 9.17) is 21.2 Å². The number of aromatic hydroxyl groups is 2. The van der Waals surface area contributed by atoms with E-state index in [-0.39, 0.29) is 57.2 Å². The molecule has 0 spiro atoms. The quantitative estimate of drug-likeness (QED) is 0.295. The van der Waals surface area contributed by atoms with Crippen molar-refractivity contribution in [3.05, 3.63) is 56.7 Å². The Morgan fingerprint density at radius 3 is 2.69 bits per heavy atom. The Hall–Kier alpha value is -3.11. The Morgan fingerprint density at radius 1 is 1.25 bits per heavy atom. The van der Waals surface area contributed by atoms with Crippen LogP contribution < -0.4 is 10.9 Å². The first kappa shape index (κ1) is 22.1. The molecule has 168 valence electrons. The van der Waals surface area contributed by atoms with Gasteiger partial charge in [-0.15, -0.1) is 0 Å². The van der Waals surface area contributed by atoms with E-state index in [9.17, 15) is 24.9 Å². The van der Waals surface area contributed by atoms with Crippen LogP contribution in [0.1, 0.15) is 28.3 Å². The number of halogens is 1. The number of carbonyl (C=O) groups excluding carboxylic acids is 1. The topological polar surface area (TPSA) is 143 Å². The molecule has 0 aliphatic carbocycles. The molecule has 2 atom stereocenters. The zero-order valence-electron chi connectivity index (χ0n) is 17.0. The molecule has 9 nitrogen and oxygen atoms in total. The Bertz CT molecular complexity index is 1270. The molecule has 1 aliphatic rings. The van der Waals surface area contributed by atoms with Crippen molar-refractivity contribution in [1.82, 2.24) is 10.4 Å². The number of rotatable bonds is 4. The van der Waals surface area contributed by atoms with Crippen molar-refractivity contribution in [1.29, 1.82) is 0 Å². The molecule has 1 aliphatic heterocycles. The molecule has 1 saturated heterocycles. The number of amides is 1. The van der Waals surface area contributed by atoms with Crippen molar-refractivity contribution in [2.24, 2.45) is 0 Å². The third-order valence-electron chi connectivity index (χ3n) is 5.97. The molecule has 0 unspecified atom stereocenters. The summed E-state index contributed by atoms with van der Waals surface area (Å²) in [4.78, 5) is 26.7. The monoisotopic (exact) mass is 460 g/mol. The van der Waals surface area contributed by atoms with Crippen LogP contribution in [-0.4, -0.2) is 57.6 Å². The van der Waals surface area contributed by atoms with Crippen LogP contribution in [0.25, 0.3) is 22.3 Å². The van der Waals surface area contributed by atoms with Crippen LogP contribution in [0.5, 0.6) is 11.5 Å². The maximum Gasteiger partial charge on any atom is 0.274 e. The average Bonchev–Trinajstić information content (AvgIpc) is 3.12. The molecule has 0 saturated carbocycles. The second-order valence-corrected chi connectivity index (χ2v) is 8.18. The summed E-state index contributed by atoms with van der Waals surface area (Å²) in [6.45, 7) is 0.489. The van der Waals surface area contributed by atoms with Gasteiger partial charge in [-0.1, -0.05) is 11.6 Å². The summed E-state index contributed by atoms with van der Waals surface area (Å²) in [5.74, 6) is -1.81. The number of nitrogens with one attached hydrogen (secondary N) is 1. The SMILES string of the molecule is CN1CC[C@H](c2c(O)cc(O)c3c(=O)cc(-c4cc(C(=O)NO)ccc4Cl)oc23)[C@H]1CO. The molecule has 10 heteroatoms. The summed E-state index contributed by atoms with van der Waals surface area (Å²) in [5.41, 5.74) is 1.53. The number of carbonyl (C=O) groups is 1. The van der Waals surface area contributed by atoms with Gasteiger partial charge in [0, 0.05) is 40.8 Å². The number of likely N-dealkylation sites (tertiary alicyclic amines) is 1. The first-order chi connectivity index (χ1) is 15.3. The van der Waals surface area contributed by atoms with E-state index in [0.717, 1.165) is 12.1 Å². The number of nitrogens with zero attached hydrogens (tertiary/aromatic N) is 1. The van der Waals surface area contributed by atoms with Gasteiger partial charge >= 0.3 is 0 Å². The van der Waals surface area contributed by atoms with Gasteiger partial charge in [-0.2, -0.15) is 0 Å².